The van der Waals surface area contributed by atoms with Crippen LogP contribution in [0, 0.1) is 5.92 Å². The number of nitrogens with zero attached hydrogens (tertiary/aromatic N) is 1. The summed E-state index contributed by atoms with van der Waals surface area (Å²) < 4.78 is 5.51. The van der Waals surface area contributed by atoms with Crippen LogP contribution in [0.1, 0.15) is 52.4 Å². The zero-order chi connectivity index (χ0) is 15.3. The fraction of sp³-hybridized carbons (Fsp3) is 1.00. The van der Waals surface area contributed by atoms with E-state index in [1.54, 1.807) is 0 Å². The summed E-state index contributed by atoms with van der Waals surface area (Å²) in [4.78, 5) is 2.54. The van der Waals surface area contributed by atoms with E-state index >= 15 is 0 Å². The standard InChI is InChI=1S/C17H36N2O2/c1-3-4-5-8-11-21-15-17(20)13-18-12-16(2)14-19-9-6-7-10-19/h16-18,20H,3-15H2,1-2H3. The van der Waals surface area contributed by atoms with Gasteiger partial charge in [-0.05, 0) is 44.8 Å². The Labute approximate surface area is 131 Å². The summed E-state index contributed by atoms with van der Waals surface area (Å²) in [6.07, 6.45) is 7.21. The highest BCUT2D eigenvalue weighted by molar-refractivity contribution is 4.70. The van der Waals surface area contributed by atoms with E-state index < -0.39 is 0 Å². The van der Waals surface area contributed by atoms with Crippen molar-refractivity contribution in [2.45, 2.75) is 58.5 Å². The Morgan fingerprint density at radius 2 is 1.90 bits per heavy atom. The number of nitrogens with one attached hydrogen (secondary N) is 1. The number of unbranched alkanes of at least 4 members (excludes halogenated alkanes) is 3. The molecule has 4 heteroatoms. The summed E-state index contributed by atoms with van der Waals surface area (Å²) in [5.74, 6) is 0.644. The first-order chi connectivity index (χ1) is 10.2. The van der Waals surface area contributed by atoms with Gasteiger partial charge in [-0.1, -0.05) is 33.1 Å². The largest absolute Gasteiger partial charge is 0.389 e. The van der Waals surface area contributed by atoms with Gasteiger partial charge in [-0.3, -0.25) is 0 Å². The number of aliphatic hydroxyl groups excluding tert-OH is 1. The molecule has 1 aliphatic rings. The normalized spacial score (nSPS) is 19.0. The molecule has 1 aliphatic heterocycles. The number of rotatable bonds is 13. The molecule has 126 valence electrons. The van der Waals surface area contributed by atoms with E-state index in [4.69, 9.17) is 4.74 Å². The summed E-state index contributed by atoms with van der Waals surface area (Å²) in [6, 6.07) is 0. The van der Waals surface area contributed by atoms with Gasteiger partial charge in [0, 0.05) is 19.7 Å². The van der Waals surface area contributed by atoms with Gasteiger partial charge in [-0.2, -0.15) is 0 Å². The first kappa shape index (κ1) is 18.9. The second kappa shape index (κ2) is 12.4. The second-order valence-corrected chi connectivity index (χ2v) is 6.56. The molecule has 0 saturated carbocycles. The molecule has 0 aromatic carbocycles. The molecule has 2 atom stereocenters. The molecule has 0 aliphatic carbocycles. The van der Waals surface area contributed by atoms with E-state index in [1.807, 2.05) is 0 Å². The van der Waals surface area contributed by atoms with Crippen molar-refractivity contribution >= 4 is 0 Å². The highest BCUT2D eigenvalue weighted by Gasteiger charge is 2.14. The average molecular weight is 300 g/mol. The third kappa shape index (κ3) is 10.2. The third-order valence-corrected chi connectivity index (χ3v) is 4.09. The fourth-order valence-corrected chi connectivity index (χ4v) is 2.88. The molecule has 1 rings (SSSR count). The van der Waals surface area contributed by atoms with Crippen LogP contribution < -0.4 is 5.32 Å². The van der Waals surface area contributed by atoms with Crippen LogP contribution >= 0.6 is 0 Å². The van der Waals surface area contributed by atoms with Gasteiger partial charge in [0.05, 0.1) is 12.7 Å². The molecule has 4 nitrogen and oxygen atoms in total. The lowest BCUT2D eigenvalue weighted by atomic mass is 10.1. The molecule has 0 aromatic rings. The predicted octanol–water partition coefficient (Wildman–Crippen LogP) is 2.27. The average Bonchev–Trinajstić information content (AvgIpc) is 2.95. The number of likely N-dealkylation sites (tertiary alicyclic amines) is 1. The van der Waals surface area contributed by atoms with Crippen molar-refractivity contribution in [3.05, 3.63) is 0 Å². The molecule has 21 heavy (non-hydrogen) atoms. The smallest absolute Gasteiger partial charge is 0.0897 e. The number of ether oxygens (including phenoxy) is 1. The SMILES string of the molecule is CCCCCCOCC(O)CNCC(C)CN1CCCC1. The van der Waals surface area contributed by atoms with Crippen molar-refractivity contribution in [2.24, 2.45) is 5.92 Å². The van der Waals surface area contributed by atoms with Crippen LogP contribution in [0.2, 0.25) is 0 Å². The fourth-order valence-electron chi connectivity index (χ4n) is 2.88. The summed E-state index contributed by atoms with van der Waals surface area (Å²) in [5.41, 5.74) is 0. The van der Waals surface area contributed by atoms with E-state index in [0.29, 0.717) is 19.1 Å². The lowest BCUT2D eigenvalue weighted by Gasteiger charge is -2.21. The monoisotopic (exact) mass is 300 g/mol. The zero-order valence-corrected chi connectivity index (χ0v) is 14.1. The van der Waals surface area contributed by atoms with Gasteiger partial charge in [0.1, 0.15) is 0 Å². The summed E-state index contributed by atoms with van der Waals surface area (Å²) in [6.45, 7) is 11.0. The first-order valence-corrected chi connectivity index (χ1v) is 8.91. The van der Waals surface area contributed by atoms with Crippen LogP contribution in [0.15, 0.2) is 0 Å². The van der Waals surface area contributed by atoms with E-state index in [9.17, 15) is 5.11 Å². The van der Waals surface area contributed by atoms with Gasteiger partial charge in [-0.15, -0.1) is 0 Å². The topological polar surface area (TPSA) is 44.7 Å². The van der Waals surface area contributed by atoms with Gasteiger partial charge >= 0.3 is 0 Å². The Morgan fingerprint density at radius 3 is 2.62 bits per heavy atom. The van der Waals surface area contributed by atoms with Crippen LogP contribution in [0.5, 0.6) is 0 Å². The minimum Gasteiger partial charge on any atom is -0.389 e. The molecule has 1 heterocycles. The maximum absolute atomic E-state index is 9.85. The van der Waals surface area contributed by atoms with Crippen LogP contribution in [-0.2, 0) is 4.74 Å². The highest BCUT2D eigenvalue weighted by Crippen LogP contribution is 2.09. The lowest BCUT2D eigenvalue weighted by Crippen LogP contribution is -2.36. The minimum atomic E-state index is -0.379. The van der Waals surface area contributed by atoms with E-state index in [0.717, 1.165) is 19.6 Å². The predicted molar refractivity (Wildman–Crippen MR) is 88.7 cm³/mol. The highest BCUT2D eigenvalue weighted by atomic mass is 16.5. The molecule has 0 bridgehead atoms. The molecule has 0 aromatic heterocycles. The minimum absolute atomic E-state index is 0.379. The number of hydrogen-bond donors (Lipinski definition) is 2. The van der Waals surface area contributed by atoms with Crippen LogP contribution in [0.25, 0.3) is 0 Å². The Balaban J connectivity index is 1.88. The Bertz CT molecular complexity index is 233. The van der Waals surface area contributed by atoms with Crippen molar-refractivity contribution in [1.29, 1.82) is 0 Å². The molecule has 1 saturated heterocycles. The van der Waals surface area contributed by atoms with E-state index in [1.165, 1.54) is 51.7 Å². The summed E-state index contributed by atoms with van der Waals surface area (Å²) in [5, 5.41) is 13.2. The van der Waals surface area contributed by atoms with Crippen molar-refractivity contribution in [3.63, 3.8) is 0 Å². The van der Waals surface area contributed by atoms with Gasteiger partial charge in [0.15, 0.2) is 0 Å². The van der Waals surface area contributed by atoms with Crippen LogP contribution in [0.4, 0.5) is 0 Å². The maximum atomic E-state index is 9.85. The van der Waals surface area contributed by atoms with Gasteiger partial charge in [-0.25, -0.2) is 0 Å². The van der Waals surface area contributed by atoms with E-state index in [2.05, 4.69) is 24.1 Å². The lowest BCUT2D eigenvalue weighted by molar-refractivity contribution is 0.0350. The quantitative estimate of drug-likeness (QED) is 0.512. The molecule has 0 amide bonds. The van der Waals surface area contributed by atoms with Crippen LogP contribution in [-0.4, -0.2) is 62.0 Å². The van der Waals surface area contributed by atoms with Crippen molar-refractivity contribution < 1.29 is 9.84 Å². The number of aliphatic hydroxyl groups is 1. The van der Waals surface area contributed by atoms with Crippen LogP contribution in [0.3, 0.4) is 0 Å². The molecular formula is C17H36N2O2. The maximum Gasteiger partial charge on any atom is 0.0897 e. The number of hydrogen-bond acceptors (Lipinski definition) is 4. The third-order valence-electron chi connectivity index (χ3n) is 4.09. The van der Waals surface area contributed by atoms with Crippen molar-refractivity contribution in [2.75, 3.05) is 45.9 Å². The first-order valence-electron chi connectivity index (χ1n) is 8.91. The van der Waals surface area contributed by atoms with Crippen molar-refractivity contribution in [1.82, 2.24) is 10.2 Å². The molecule has 2 N–H and O–H groups in total. The Kier molecular flexibility index (Phi) is 11.1. The van der Waals surface area contributed by atoms with Gasteiger partial charge in [0.2, 0.25) is 0 Å². The Morgan fingerprint density at radius 1 is 1.14 bits per heavy atom. The summed E-state index contributed by atoms with van der Waals surface area (Å²) in [7, 11) is 0. The molecular weight excluding hydrogens is 264 g/mol. The second-order valence-electron chi connectivity index (χ2n) is 6.56. The van der Waals surface area contributed by atoms with Gasteiger partial charge in [0.25, 0.3) is 0 Å². The Hall–Kier alpha value is -0.160. The molecule has 2 unspecified atom stereocenters. The zero-order valence-electron chi connectivity index (χ0n) is 14.1. The van der Waals surface area contributed by atoms with E-state index in [-0.39, 0.29) is 6.10 Å². The molecule has 1 fully saturated rings. The summed E-state index contributed by atoms with van der Waals surface area (Å²) >= 11 is 0. The molecule has 0 spiro atoms. The molecule has 0 radical (unpaired) electrons. The van der Waals surface area contributed by atoms with Crippen molar-refractivity contribution in [3.8, 4) is 0 Å². The van der Waals surface area contributed by atoms with Gasteiger partial charge < -0.3 is 20.1 Å².